The van der Waals surface area contributed by atoms with Gasteiger partial charge < -0.3 is 0 Å². The molecule has 1 atom stereocenters. The third-order valence-electron chi connectivity index (χ3n) is 2.66. The van der Waals surface area contributed by atoms with Crippen molar-refractivity contribution < 1.29 is 13.2 Å². The number of alkyl halides is 1. The topological polar surface area (TPSA) is 0 Å². The first kappa shape index (κ1) is 13.1. The second-order valence-corrected chi connectivity index (χ2v) is 5.04. The Labute approximate surface area is 112 Å². The highest BCUT2D eigenvalue weighted by Gasteiger charge is 2.13. The Bertz CT molecular complexity index is 554. The van der Waals surface area contributed by atoms with Crippen molar-refractivity contribution in [2.75, 3.05) is 0 Å². The molecule has 4 heteroatoms. The summed E-state index contributed by atoms with van der Waals surface area (Å²) in [5.74, 6) is -2.08. The van der Waals surface area contributed by atoms with Gasteiger partial charge in [-0.3, -0.25) is 0 Å². The molecule has 2 aromatic carbocycles. The van der Waals surface area contributed by atoms with E-state index in [1.807, 2.05) is 0 Å². The summed E-state index contributed by atoms with van der Waals surface area (Å²) in [7, 11) is 0. The highest BCUT2D eigenvalue weighted by atomic mass is 79.9. The Balaban J connectivity index is 2.19. The summed E-state index contributed by atoms with van der Waals surface area (Å²) in [5.41, 5.74) is 1.11. The van der Waals surface area contributed by atoms with E-state index in [2.05, 4.69) is 15.9 Å². The summed E-state index contributed by atoms with van der Waals surface area (Å²) in [5, 5.41) is 0. The second kappa shape index (κ2) is 5.57. The minimum atomic E-state index is -0.898. The van der Waals surface area contributed by atoms with E-state index in [0.29, 0.717) is 17.5 Å². The lowest BCUT2D eigenvalue weighted by Gasteiger charge is -2.11. The molecule has 0 fully saturated rings. The molecule has 94 valence electrons. The molecule has 0 spiro atoms. The fourth-order valence-corrected chi connectivity index (χ4v) is 2.32. The lowest BCUT2D eigenvalue weighted by Crippen LogP contribution is -1.99. The first-order chi connectivity index (χ1) is 8.58. The molecule has 0 heterocycles. The zero-order valence-corrected chi connectivity index (χ0v) is 10.9. The molecule has 0 saturated heterocycles. The van der Waals surface area contributed by atoms with Gasteiger partial charge >= 0.3 is 0 Å². The Kier molecular flexibility index (Phi) is 4.07. The minimum Gasteiger partial charge on any atom is -0.207 e. The van der Waals surface area contributed by atoms with E-state index in [-0.39, 0.29) is 10.6 Å². The number of halogens is 4. The maximum atomic E-state index is 13.5. The van der Waals surface area contributed by atoms with Crippen LogP contribution in [0.2, 0.25) is 0 Å². The molecular weight excluding hydrogens is 305 g/mol. The predicted molar refractivity (Wildman–Crippen MR) is 68.1 cm³/mol. The molecule has 1 unspecified atom stereocenters. The fourth-order valence-electron chi connectivity index (χ4n) is 1.68. The quantitative estimate of drug-likeness (QED) is 0.715. The summed E-state index contributed by atoms with van der Waals surface area (Å²) < 4.78 is 39.3. The summed E-state index contributed by atoms with van der Waals surface area (Å²) in [6.07, 6.45) is 0.373. The normalized spacial score (nSPS) is 12.4. The number of benzene rings is 2. The van der Waals surface area contributed by atoms with Crippen LogP contribution in [0.3, 0.4) is 0 Å². The van der Waals surface area contributed by atoms with Crippen LogP contribution < -0.4 is 0 Å². The lowest BCUT2D eigenvalue weighted by molar-refractivity contribution is 0.507. The predicted octanol–water partition coefficient (Wildman–Crippen LogP) is 4.78. The molecule has 0 bridgehead atoms. The van der Waals surface area contributed by atoms with Crippen LogP contribution in [0.25, 0.3) is 0 Å². The van der Waals surface area contributed by atoms with Crippen LogP contribution in [-0.2, 0) is 6.42 Å². The molecule has 0 N–H and O–H groups in total. The number of rotatable bonds is 3. The number of hydrogen-bond donors (Lipinski definition) is 0. The first-order valence-corrected chi connectivity index (χ1v) is 6.32. The van der Waals surface area contributed by atoms with Gasteiger partial charge in [-0.1, -0.05) is 40.2 Å². The van der Waals surface area contributed by atoms with Gasteiger partial charge in [0.25, 0.3) is 0 Å². The summed E-state index contributed by atoms with van der Waals surface area (Å²) in [6.45, 7) is 0. The smallest absolute Gasteiger partial charge is 0.159 e. The van der Waals surface area contributed by atoms with Crippen molar-refractivity contribution in [1.29, 1.82) is 0 Å². The Hall–Kier alpha value is -1.29. The monoisotopic (exact) mass is 314 g/mol. The van der Waals surface area contributed by atoms with Gasteiger partial charge in [0.2, 0.25) is 0 Å². The maximum absolute atomic E-state index is 13.5. The van der Waals surface area contributed by atoms with Crippen molar-refractivity contribution in [2.45, 2.75) is 11.2 Å². The van der Waals surface area contributed by atoms with Gasteiger partial charge in [0.05, 0.1) is 0 Å². The van der Waals surface area contributed by atoms with Crippen molar-refractivity contribution in [2.24, 2.45) is 0 Å². The van der Waals surface area contributed by atoms with E-state index >= 15 is 0 Å². The minimum absolute atomic E-state index is 0.260. The SMILES string of the molecule is Fc1ccc(C(Br)Cc2ccccc2F)cc1F. The maximum Gasteiger partial charge on any atom is 0.159 e. The van der Waals surface area contributed by atoms with E-state index in [0.717, 1.165) is 12.1 Å². The van der Waals surface area contributed by atoms with E-state index in [1.165, 1.54) is 12.1 Å². The van der Waals surface area contributed by atoms with Crippen LogP contribution in [0.15, 0.2) is 42.5 Å². The zero-order chi connectivity index (χ0) is 13.1. The molecule has 0 amide bonds. The van der Waals surface area contributed by atoms with Crippen LogP contribution in [0.1, 0.15) is 16.0 Å². The molecule has 0 aliphatic carbocycles. The third-order valence-corrected chi connectivity index (χ3v) is 3.51. The average Bonchev–Trinajstić information content (AvgIpc) is 2.35. The van der Waals surface area contributed by atoms with Crippen molar-refractivity contribution >= 4 is 15.9 Å². The first-order valence-electron chi connectivity index (χ1n) is 5.40. The van der Waals surface area contributed by atoms with Crippen LogP contribution in [0, 0.1) is 17.5 Å². The van der Waals surface area contributed by atoms with Gasteiger partial charge in [0.15, 0.2) is 11.6 Å². The molecule has 0 radical (unpaired) electrons. The van der Waals surface area contributed by atoms with Gasteiger partial charge in [0, 0.05) is 4.83 Å². The standard InChI is InChI=1S/C14H10BrF3/c15-11(7-10-3-1-2-4-12(10)16)9-5-6-13(17)14(18)8-9/h1-6,8,11H,7H2. The fraction of sp³-hybridized carbons (Fsp3) is 0.143. The van der Waals surface area contributed by atoms with Gasteiger partial charge in [-0.2, -0.15) is 0 Å². The van der Waals surface area contributed by atoms with Gasteiger partial charge in [-0.15, -0.1) is 0 Å². The van der Waals surface area contributed by atoms with Gasteiger partial charge in [-0.05, 0) is 35.7 Å². The zero-order valence-electron chi connectivity index (χ0n) is 9.34. The second-order valence-electron chi connectivity index (χ2n) is 3.94. The van der Waals surface area contributed by atoms with Gasteiger partial charge in [0.1, 0.15) is 5.82 Å². The van der Waals surface area contributed by atoms with Crippen LogP contribution in [0.4, 0.5) is 13.2 Å². The average molecular weight is 315 g/mol. The molecule has 0 saturated carbocycles. The van der Waals surface area contributed by atoms with E-state index < -0.39 is 11.6 Å². The van der Waals surface area contributed by atoms with Crippen LogP contribution >= 0.6 is 15.9 Å². The lowest BCUT2D eigenvalue weighted by atomic mass is 10.0. The van der Waals surface area contributed by atoms with Crippen molar-refractivity contribution in [1.82, 2.24) is 0 Å². The highest BCUT2D eigenvalue weighted by molar-refractivity contribution is 9.09. The van der Waals surface area contributed by atoms with Crippen molar-refractivity contribution in [3.05, 3.63) is 71.0 Å². The van der Waals surface area contributed by atoms with E-state index in [9.17, 15) is 13.2 Å². The molecule has 18 heavy (non-hydrogen) atoms. The molecule has 2 rings (SSSR count). The van der Waals surface area contributed by atoms with E-state index in [1.54, 1.807) is 18.2 Å². The Morgan fingerprint density at radius 1 is 0.889 bits per heavy atom. The van der Waals surface area contributed by atoms with E-state index in [4.69, 9.17) is 0 Å². The summed E-state index contributed by atoms with van der Waals surface area (Å²) in [6, 6.07) is 10.1. The Morgan fingerprint density at radius 2 is 1.61 bits per heavy atom. The van der Waals surface area contributed by atoms with Gasteiger partial charge in [-0.25, -0.2) is 13.2 Å². The molecule has 0 aliphatic rings. The third kappa shape index (κ3) is 2.93. The Morgan fingerprint density at radius 3 is 2.28 bits per heavy atom. The van der Waals surface area contributed by atoms with Crippen molar-refractivity contribution in [3.8, 4) is 0 Å². The largest absolute Gasteiger partial charge is 0.207 e. The molecular formula is C14H10BrF3. The van der Waals surface area contributed by atoms with Crippen molar-refractivity contribution in [3.63, 3.8) is 0 Å². The molecule has 2 aromatic rings. The highest BCUT2D eigenvalue weighted by Crippen LogP contribution is 2.28. The summed E-state index contributed by atoms with van der Waals surface area (Å²) >= 11 is 3.36. The number of hydrogen-bond acceptors (Lipinski definition) is 0. The van der Waals surface area contributed by atoms with Crippen LogP contribution in [-0.4, -0.2) is 0 Å². The molecule has 0 aliphatic heterocycles. The molecule has 0 nitrogen and oxygen atoms in total. The van der Waals surface area contributed by atoms with Crippen LogP contribution in [0.5, 0.6) is 0 Å². The molecule has 0 aromatic heterocycles. The summed E-state index contributed by atoms with van der Waals surface area (Å²) in [4.78, 5) is -0.260.